The van der Waals surface area contributed by atoms with Crippen molar-refractivity contribution in [1.82, 2.24) is 5.32 Å². The highest BCUT2D eigenvalue weighted by Crippen LogP contribution is 2.22. The zero-order chi connectivity index (χ0) is 11.3. The number of methoxy groups -OCH3 is 1. The largest absolute Gasteiger partial charge is 0.496 e. The molecule has 3 heteroatoms. The second-order valence-electron chi connectivity index (χ2n) is 3.35. The third-order valence-electron chi connectivity index (χ3n) is 2.29. The highest BCUT2D eigenvalue weighted by Gasteiger charge is 2.09. The molecule has 0 amide bonds. The van der Waals surface area contributed by atoms with Gasteiger partial charge in [-0.2, -0.15) is 5.26 Å². The van der Waals surface area contributed by atoms with Gasteiger partial charge in [0.1, 0.15) is 11.8 Å². The second-order valence-corrected chi connectivity index (χ2v) is 3.35. The molecule has 1 N–H and O–H groups in total. The summed E-state index contributed by atoms with van der Waals surface area (Å²) in [6.45, 7) is 4.74. The summed E-state index contributed by atoms with van der Waals surface area (Å²) in [6.07, 6.45) is 0. The van der Waals surface area contributed by atoms with E-state index in [2.05, 4.69) is 11.4 Å². The standard InChI is InChI=1S/C12H16N2O/c1-4-14-11(8-13)10-5-6-12(15-3)9(2)7-10/h5-7,11,14H,4H2,1-3H3. The van der Waals surface area contributed by atoms with Gasteiger partial charge in [0.05, 0.1) is 13.2 Å². The van der Waals surface area contributed by atoms with E-state index in [1.165, 1.54) is 0 Å². The third-order valence-corrected chi connectivity index (χ3v) is 2.29. The van der Waals surface area contributed by atoms with Crippen molar-refractivity contribution in [2.24, 2.45) is 0 Å². The monoisotopic (exact) mass is 204 g/mol. The highest BCUT2D eigenvalue weighted by atomic mass is 16.5. The summed E-state index contributed by atoms with van der Waals surface area (Å²) < 4.78 is 5.17. The number of ether oxygens (including phenoxy) is 1. The van der Waals surface area contributed by atoms with E-state index in [1.54, 1.807) is 7.11 Å². The van der Waals surface area contributed by atoms with Gasteiger partial charge in [0.15, 0.2) is 0 Å². The van der Waals surface area contributed by atoms with Crippen molar-refractivity contribution >= 4 is 0 Å². The molecule has 0 aromatic heterocycles. The van der Waals surface area contributed by atoms with Crippen molar-refractivity contribution in [1.29, 1.82) is 5.26 Å². The van der Waals surface area contributed by atoms with Crippen molar-refractivity contribution in [3.8, 4) is 11.8 Å². The minimum Gasteiger partial charge on any atom is -0.496 e. The number of aryl methyl sites for hydroxylation is 1. The predicted molar refractivity (Wildman–Crippen MR) is 59.8 cm³/mol. The normalized spacial score (nSPS) is 11.9. The molecule has 3 nitrogen and oxygen atoms in total. The van der Waals surface area contributed by atoms with Crippen LogP contribution in [0.15, 0.2) is 18.2 Å². The van der Waals surface area contributed by atoms with E-state index in [-0.39, 0.29) is 6.04 Å². The average Bonchev–Trinajstić information content (AvgIpc) is 2.25. The van der Waals surface area contributed by atoms with Gasteiger partial charge < -0.3 is 4.74 Å². The molecule has 1 atom stereocenters. The van der Waals surface area contributed by atoms with Crippen LogP contribution in [0.4, 0.5) is 0 Å². The van der Waals surface area contributed by atoms with Gasteiger partial charge in [0.2, 0.25) is 0 Å². The lowest BCUT2D eigenvalue weighted by Crippen LogP contribution is -2.19. The zero-order valence-electron chi connectivity index (χ0n) is 9.37. The molecule has 0 heterocycles. The van der Waals surface area contributed by atoms with Crippen molar-refractivity contribution in [3.05, 3.63) is 29.3 Å². The summed E-state index contributed by atoms with van der Waals surface area (Å²) in [7, 11) is 1.65. The van der Waals surface area contributed by atoms with E-state index in [0.29, 0.717) is 0 Å². The van der Waals surface area contributed by atoms with Gasteiger partial charge >= 0.3 is 0 Å². The van der Waals surface area contributed by atoms with E-state index in [4.69, 9.17) is 10.00 Å². The van der Waals surface area contributed by atoms with Crippen LogP contribution >= 0.6 is 0 Å². The van der Waals surface area contributed by atoms with E-state index in [9.17, 15) is 0 Å². The smallest absolute Gasteiger partial charge is 0.121 e. The molecule has 15 heavy (non-hydrogen) atoms. The third kappa shape index (κ3) is 2.71. The van der Waals surface area contributed by atoms with Crippen molar-refractivity contribution in [2.75, 3.05) is 13.7 Å². The lowest BCUT2D eigenvalue weighted by Gasteiger charge is -2.12. The average molecular weight is 204 g/mol. The molecular weight excluding hydrogens is 188 g/mol. The molecule has 0 fully saturated rings. The van der Waals surface area contributed by atoms with Gasteiger partial charge in [-0.15, -0.1) is 0 Å². The Morgan fingerprint density at radius 1 is 1.53 bits per heavy atom. The molecule has 1 aromatic rings. The Bertz CT molecular complexity index is 368. The van der Waals surface area contributed by atoms with Gasteiger partial charge in [-0.05, 0) is 36.7 Å². The number of nitriles is 1. The Kier molecular flexibility index (Phi) is 4.14. The van der Waals surface area contributed by atoms with Crippen LogP contribution < -0.4 is 10.1 Å². The lowest BCUT2D eigenvalue weighted by molar-refractivity contribution is 0.411. The molecule has 0 aliphatic rings. The molecule has 80 valence electrons. The summed E-state index contributed by atoms with van der Waals surface area (Å²) in [4.78, 5) is 0. The topological polar surface area (TPSA) is 45.0 Å². The first-order chi connectivity index (χ1) is 7.22. The molecule has 0 saturated carbocycles. The zero-order valence-corrected chi connectivity index (χ0v) is 9.37. The van der Waals surface area contributed by atoms with Crippen LogP contribution in [0.5, 0.6) is 5.75 Å². The summed E-state index contributed by atoms with van der Waals surface area (Å²) in [6, 6.07) is 7.79. The summed E-state index contributed by atoms with van der Waals surface area (Å²) in [5.41, 5.74) is 2.03. The van der Waals surface area contributed by atoms with Crippen LogP contribution in [0.25, 0.3) is 0 Å². The summed E-state index contributed by atoms with van der Waals surface area (Å²) in [5.74, 6) is 0.854. The maximum Gasteiger partial charge on any atom is 0.121 e. The highest BCUT2D eigenvalue weighted by molar-refractivity contribution is 5.38. The van der Waals surface area contributed by atoms with E-state index in [1.807, 2.05) is 32.0 Å². The molecule has 0 saturated heterocycles. The van der Waals surface area contributed by atoms with Crippen LogP contribution in [0.2, 0.25) is 0 Å². The van der Waals surface area contributed by atoms with Crippen molar-refractivity contribution in [3.63, 3.8) is 0 Å². The number of hydrogen-bond acceptors (Lipinski definition) is 3. The van der Waals surface area contributed by atoms with Crippen LogP contribution in [0.1, 0.15) is 24.1 Å². The van der Waals surface area contributed by atoms with Gasteiger partial charge in [-0.25, -0.2) is 0 Å². The number of nitrogens with one attached hydrogen (secondary N) is 1. The van der Waals surface area contributed by atoms with Crippen LogP contribution in [-0.2, 0) is 0 Å². The number of benzene rings is 1. The summed E-state index contributed by atoms with van der Waals surface area (Å²) >= 11 is 0. The van der Waals surface area contributed by atoms with Gasteiger partial charge in [0, 0.05) is 0 Å². The molecule has 1 rings (SSSR count). The van der Waals surface area contributed by atoms with Crippen molar-refractivity contribution < 1.29 is 4.74 Å². The predicted octanol–water partition coefficient (Wildman–Crippen LogP) is 2.18. The number of hydrogen-bond donors (Lipinski definition) is 1. The molecular formula is C12H16N2O. The lowest BCUT2D eigenvalue weighted by atomic mass is 10.0. The van der Waals surface area contributed by atoms with E-state index < -0.39 is 0 Å². The fourth-order valence-corrected chi connectivity index (χ4v) is 1.52. The maximum atomic E-state index is 8.98. The first kappa shape index (κ1) is 11.5. The molecule has 0 bridgehead atoms. The first-order valence-corrected chi connectivity index (χ1v) is 5.00. The Morgan fingerprint density at radius 2 is 2.27 bits per heavy atom. The Morgan fingerprint density at radius 3 is 2.73 bits per heavy atom. The second kappa shape index (κ2) is 5.38. The van der Waals surface area contributed by atoms with Gasteiger partial charge in [-0.1, -0.05) is 13.0 Å². The number of rotatable bonds is 4. The maximum absolute atomic E-state index is 8.98. The Balaban J connectivity index is 2.96. The molecule has 0 aliphatic carbocycles. The molecule has 1 unspecified atom stereocenters. The van der Waals surface area contributed by atoms with Crippen LogP contribution in [0, 0.1) is 18.3 Å². The quantitative estimate of drug-likeness (QED) is 0.817. The minimum absolute atomic E-state index is 0.236. The fraction of sp³-hybridized carbons (Fsp3) is 0.417. The minimum atomic E-state index is -0.236. The van der Waals surface area contributed by atoms with Gasteiger partial charge in [0.25, 0.3) is 0 Å². The van der Waals surface area contributed by atoms with E-state index >= 15 is 0 Å². The van der Waals surface area contributed by atoms with E-state index in [0.717, 1.165) is 23.4 Å². The Labute approximate surface area is 90.7 Å². The SMILES string of the molecule is CCNC(C#N)c1ccc(OC)c(C)c1. The van der Waals surface area contributed by atoms with Crippen LogP contribution in [0.3, 0.4) is 0 Å². The summed E-state index contributed by atoms with van der Waals surface area (Å²) in [5, 5.41) is 12.1. The van der Waals surface area contributed by atoms with Crippen LogP contribution in [-0.4, -0.2) is 13.7 Å². The fourth-order valence-electron chi connectivity index (χ4n) is 1.52. The van der Waals surface area contributed by atoms with Crippen molar-refractivity contribution in [2.45, 2.75) is 19.9 Å². The first-order valence-electron chi connectivity index (χ1n) is 5.00. The Hall–Kier alpha value is -1.53. The number of nitrogens with zero attached hydrogens (tertiary/aromatic N) is 1. The molecule has 0 radical (unpaired) electrons. The molecule has 1 aromatic carbocycles. The molecule has 0 spiro atoms. The van der Waals surface area contributed by atoms with Gasteiger partial charge in [-0.3, -0.25) is 5.32 Å². The molecule has 0 aliphatic heterocycles.